The zero-order valence-corrected chi connectivity index (χ0v) is 20.0. The molecule has 33 heavy (non-hydrogen) atoms. The van der Waals surface area contributed by atoms with Gasteiger partial charge in [-0.25, -0.2) is 8.42 Å². The molecule has 8 heteroatoms. The second-order valence-electron chi connectivity index (χ2n) is 9.14. The van der Waals surface area contributed by atoms with Crippen molar-refractivity contribution in [3.63, 3.8) is 0 Å². The third-order valence-corrected chi connectivity index (χ3v) is 7.62. The van der Waals surface area contributed by atoms with Crippen LogP contribution in [0.25, 0.3) is 0 Å². The van der Waals surface area contributed by atoms with Crippen LogP contribution in [0.15, 0.2) is 47.4 Å². The highest BCUT2D eigenvalue weighted by Crippen LogP contribution is 2.26. The predicted molar refractivity (Wildman–Crippen MR) is 128 cm³/mol. The van der Waals surface area contributed by atoms with Crippen molar-refractivity contribution in [3.05, 3.63) is 59.2 Å². The lowest BCUT2D eigenvalue weighted by Gasteiger charge is -2.25. The van der Waals surface area contributed by atoms with E-state index in [1.165, 1.54) is 11.6 Å². The predicted octanol–water partition coefficient (Wildman–Crippen LogP) is 3.50. The highest BCUT2D eigenvalue weighted by Gasteiger charge is 2.34. The Hall–Kier alpha value is -2.87. The number of carbonyl (C=O) groups is 2. The number of hydrogen-bond donors (Lipinski definition) is 2. The normalized spacial score (nSPS) is 18.2. The van der Waals surface area contributed by atoms with Crippen LogP contribution in [0.3, 0.4) is 0 Å². The van der Waals surface area contributed by atoms with Gasteiger partial charge in [0.15, 0.2) is 0 Å². The van der Waals surface area contributed by atoms with Crippen LogP contribution in [0.4, 0.5) is 5.69 Å². The summed E-state index contributed by atoms with van der Waals surface area (Å²) in [6.07, 6.45) is 5.46. The van der Waals surface area contributed by atoms with Crippen LogP contribution >= 0.6 is 0 Å². The molecule has 0 aromatic heterocycles. The first-order valence-corrected chi connectivity index (χ1v) is 13.1. The van der Waals surface area contributed by atoms with Crippen molar-refractivity contribution in [2.24, 2.45) is 0 Å². The Morgan fingerprint density at radius 2 is 1.76 bits per heavy atom. The van der Waals surface area contributed by atoms with Gasteiger partial charge in [-0.2, -0.15) is 0 Å². The number of fused-ring (bicyclic) bond motifs is 1. The number of aryl methyl sites for hydroxylation is 2. The van der Waals surface area contributed by atoms with E-state index in [1.807, 2.05) is 19.9 Å². The summed E-state index contributed by atoms with van der Waals surface area (Å²) in [6.45, 7) is 4.27. The van der Waals surface area contributed by atoms with Crippen LogP contribution in [-0.2, 0) is 27.7 Å². The van der Waals surface area contributed by atoms with Crippen molar-refractivity contribution in [2.45, 2.75) is 69.4 Å². The maximum Gasteiger partial charge on any atom is 0.261 e. The van der Waals surface area contributed by atoms with Crippen molar-refractivity contribution in [1.82, 2.24) is 10.2 Å². The average Bonchev–Trinajstić information content (AvgIpc) is 3.28. The van der Waals surface area contributed by atoms with Gasteiger partial charge in [0, 0.05) is 23.8 Å². The van der Waals surface area contributed by atoms with Crippen molar-refractivity contribution in [3.8, 4) is 0 Å². The molecule has 2 N–H and O–H groups in total. The molecule has 0 bridgehead atoms. The van der Waals surface area contributed by atoms with E-state index in [9.17, 15) is 18.0 Å². The first-order valence-electron chi connectivity index (χ1n) is 11.6. The molecule has 7 nitrogen and oxygen atoms in total. The van der Waals surface area contributed by atoms with Gasteiger partial charge in [0.2, 0.25) is 5.91 Å². The van der Waals surface area contributed by atoms with Gasteiger partial charge in [-0.05, 0) is 93.8 Å². The molecule has 1 aliphatic heterocycles. The number of nitrogens with one attached hydrogen (secondary N) is 2. The van der Waals surface area contributed by atoms with E-state index in [0.717, 1.165) is 37.7 Å². The summed E-state index contributed by atoms with van der Waals surface area (Å²) >= 11 is 0. The maximum atomic E-state index is 13.2. The number of amides is 2. The second kappa shape index (κ2) is 9.55. The second-order valence-corrected chi connectivity index (χ2v) is 10.8. The molecule has 2 aromatic carbocycles. The minimum Gasteiger partial charge on any atom is -0.352 e. The van der Waals surface area contributed by atoms with E-state index in [1.54, 1.807) is 35.2 Å². The fourth-order valence-electron chi connectivity index (χ4n) is 4.64. The zero-order chi connectivity index (χ0) is 23.6. The van der Waals surface area contributed by atoms with E-state index < -0.39 is 16.1 Å². The highest BCUT2D eigenvalue weighted by atomic mass is 32.2. The third kappa shape index (κ3) is 5.21. The van der Waals surface area contributed by atoms with Gasteiger partial charge >= 0.3 is 0 Å². The Morgan fingerprint density at radius 3 is 2.52 bits per heavy atom. The van der Waals surface area contributed by atoms with Gasteiger partial charge in [-0.15, -0.1) is 0 Å². The molecular formula is C25H31N3O4S. The fraction of sp³-hybridized carbons (Fsp3) is 0.440. The van der Waals surface area contributed by atoms with Crippen LogP contribution in [0, 0.1) is 0 Å². The summed E-state index contributed by atoms with van der Waals surface area (Å²) in [5.74, 6) is -0.425. The molecule has 2 amide bonds. The van der Waals surface area contributed by atoms with Crippen molar-refractivity contribution < 1.29 is 18.0 Å². The van der Waals surface area contributed by atoms with E-state index in [0.29, 0.717) is 24.2 Å². The highest BCUT2D eigenvalue weighted by molar-refractivity contribution is 7.92. The van der Waals surface area contributed by atoms with Gasteiger partial charge in [0.25, 0.3) is 15.9 Å². The molecule has 0 radical (unpaired) electrons. The summed E-state index contributed by atoms with van der Waals surface area (Å²) in [5, 5.41) is 2.88. The van der Waals surface area contributed by atoms with E-state index in [2.05, 4.69) is 10.0 Å². The Labute approximate surface area is 195 Å². The Balaban J connectivity index is 1.52. The Morgan fingerprint density at radius 1 is 1.00 bits per heavy atom. The Bertz CT molecular complexity index is 1160. The molecule has 0 saturated carbocycles. The number of benzene rings is 2. The molecule has 2 aliphatic rings. The molecule has 2 aromatic rings. The molecule has 0 spiro atoms. The average molecular weight is 470 g/mol. The SMILES string of the molecule is CC(C)NC(=O)[C@H]1CCCN1C(=O)c1cccc(NS(=O)(=O)c2ccc3c(c2)CCCC3)c1. The Kier molecular flexibility index (Phi) is 6.74. The number of carbonyl (C=O) groups excluding carboxylic acids is 2. The van der Waals surface area contributed by atoms with Crippen molar-refractivity contribution >= 4 is 27.5 Å². The molecule has 1 fully saturated rings. The molecular weight excluding hydrogens is 438 g/mol. The first-order chi connectivity index (χ1) is 15.7. The van der Waals surface area contributed by atoms with Crippen LogP contribution in [0.1, 0.15) is 61.0 Å². The molecule has 0 unspecified atom stereocenters. The summed E-state index contributed by atoms with van der Waals surface area (Å²) in [4.78, 5) is 27.5. The van der Waals surface area contributed by atoms with Gasteiger partial charge < -0.3 is 10.2 Å². The van der Waals surface area contributed by atoms with E-state index in [4.69, 9.17) is 0 Å². The van der Waals surface area contributed by atoms with Crippen molar-refractivity contribution in [2.75, 3.05) is 11.3 Å². The fourth-order valence-corrected chi connectivity index (χ4v) is 5.74. The van der Waals surface area contributed by atoms with Crippen LogP contribution in [-0.4, -0.2) is 43.8 Å². The zero-order valence-electron chi connectivity index (χ0n) is 19.1. The molecule has 176 valence electrons. The smallest absolute Gasteiger partial charge is 0.261 e. The number of nitrogens with zero attached hydrogens (tertiary/aromatic N) is 1. The summed E-state index contributed by atoms with van der Waals surface area (Å²) < 4.78 is 28.6. The van der Waals surface area contributed by atoms with Gasteiger partial charge in [0.1, 0.15) is 6.04 Å². The molecule has 1 saturated heterocycles. The van der Waals surface area contributed by atoms with E-state index in [-0.39, 0.29) is 22.8 Å². The van der Waals surface area contributed by atoms with Crippen LogP contribution in [0.2, 0.25) is 0 Å². The number of sulfonamides is 1. The molecule has 1 heterocycles. The number of anilines is 1. The number of rotatable bonds is 6. The lowest BCUT2D eigenvalue weighted by atomic mass is 9.92. The quantitative estimate of drug-likeness (QED) is 0.677. The van der Waals surface area contributed by atoms with Gasteiger partial charge in [-0.3, -0.25) is 14.3 Å². The maximum absolute atomic E-state index is 13.2. The topological polar surface area (TPSA) is 95.6 Å². The standard InChI is InChI=1S/C25H31N3O4S/c1-17(2)26-24(29)23-11-6-14-28(23)25(30)20-9-5-10-21(15-20)27-33(31,32)22-13-12-18-7-3-4-8-19(18)16-22/h5,9-10,12-13,15-17,23,27H,3-4,6-8,11,14H2,1-2H3,(H,26,29)/t23-/m1/s1. The van der Waals surface area contributed by atoms with E-state index >= 15 is 0 Å². The van der Waals surface area contributed by atoms with Gasteiger partial charge in [0.05, 0.1) is 4.90 Å². The number of likely N-dealkylation sites (tertiary alicyclic amines) is 1. The third-order valence-electron chi connectivity index (χ3n) is 6.24. The number of hydrogen-bond acceptors (Lipinski definition) is 4. The largest absolute Gasteiger partial charge is 0.352 e. The minimum atomic E-state index is -3.79. The summed E-state index contributed by atoms with van der Waals surface area (Å²) in [6, 6.07) is 11.3. The lowest BCUT2D eigenvalue weighted by Crippen LogP contribution is -2.47. The molecule has 1 aliphatic carbocycles. The monoisotopic (exact) mass is 469 g/mol. The van der Waals surface area contributed by atoms with Crippen LogP contribution < -0.4 is 10.0 Å². The van der Waals surface area contributed by atoms with Crippen LogP contribution in [0.5, 0.6) is 0 Å². The summed E-state index contributed by atoms with van der Waals surface area (Å²) in [7, 11) is -3.79. The van der Waals surface area contributed by atoms with Gasteiger partial charge in [-0.1, -0.05) is 12.1 Å². The molecule has 4 rings (SSSR count). The molecule has 1 atom stereocenters. The minimum absolute atomic E-state index is 0.00335. The lowest BCUT2D eigenvalue weighted by molar-refractivity contribution is -0.125. The van der Waals surface area contributed by atoms with Crippen molar-refractivity contribution in [1.29, 1.82) is 0 Å². The first kappa shape index (κ1) is 23.3. The summed E-state index contributed by atoms with van der Waals surface area (Å²) in [5.41, 5.74) is 2.98.